The molecule has 1 rings (SSSR count). The maximum atomic E-state index is 11.7. The van der Waals surface area contributed by atoms with Gasteiger partial charge in [-0.3, -0.25) is 9.78 Å². The van der Waals surface area contributed by atoms with Gasteiger partial charge in [-0.05, 0) is 32.9 Å². The van der Waals surface area contributed by atoms with Crippen LogP contribution in [-0.4, -0.2) is 15.2 Å². The minimum absolute atomic E-state index is 0.0411. The van der Waals surface area contributed by atoms with E-state index in [0.717, 1.165) is 5.69 Å². The average Bonchev–Trinajstić information content (AvgIpc) is 2.17. The first-order chi connectivity index (χ1) is 6.91. The lowest BCUT2D eigenvalue weighted by Gasteiger charge is -2.20. The zero-order valence-corrected chi connectivity index (χ0v) is 10.7. The maximum Gasteiger partial charge on any atom is 0.236 e. The molecular formula is C11H15BrN2O. The highest BCUT2D eigenvalue weighted by Crippen LogP contribution is 2.18. The van der Waals surface area contributed by atoms with E-state index < -0.39 is 4.32 Å². The van der Waals surface area contributed by atoms with Gasteiger partial charge >= 0.3 is 0 Å². The van der Waals surface area contributed by atoms with Crippen molar-refractivity contribution in [2.24, 2.45) is 0 Å². The highest BCUT2D eigenvalue weighted by Gasteiger charge is 2.25. The van der Waals surface area contributed by atoms with Crippen LogP contribution in [0.3, 0.4) is 0 Å². The lowest BCUT2D eigenvalue weighted by atomic mass is 10.1. The second-order valence-electron chi connectivity index (χ2n) is 3.92. The van der Waals surface area contributed by atoms with Gasteiger partial charge in [-0.2, -0.15) is 0 Å². The smallest absolute Gasteiger partial charge is 0.236 e. The summed E-state index contributed by atoms with van der Waals surface area (Å²) in [4.78, 5) is 15.8. The monoisotopic (exact) mass is 270 g/mol. The molecule has 1 atom stereocenters. The van der Waals surface area contributed by atoms with E-state index in [2.05, 4.69) is 26.2 Å². The van der Waals surface area contributed by atoms with Gasteiger partial charge in [0.05, 0.1) is 16.1 Å². The molecule has 0 spiro atoms. The van der Waals surface area contributed by atoms with Crippen LogP contribution in [0.4, 0.5) is 0 Å². The van der Waals surface area contributed by atoms with Gasteiger partial charge in [0.25, 0.3) is 0 Å². The summed E-state index contributed by atoms with van der Waals surface area (Å²) in [5, 5.41) is 2.89. The fourth-order valence-corrected chi connectivity index (χ4v) is 1.19. The third-order valence-corrected chi connectivity index (χ3v) is 2.38. The van der Waals surface area contributed by atoms with Crippen molar-refractivity contribution in [2.45, 2.75) is 31.1 Å². The largest absolute Gasteiger partial charge is 0.347 e. The summed E-state index contributed by atoms with van der Waals surface area (Å²) in [6.45, 7) is 5.54. The number of rotatable bonds is 3. The van der Waals surface area contributed by atoms with Gasteiger partial charge < -0.3 is 5.32 Å². The second-order valence-corrected chi connectivity index (χ2v) is 5.90. The molecule has 1 unspecified atom stereocenters. The summed E-state index contributed by atoms with van der Waals surface area (Å²) in [6, 6.07) is 5.58. The molecular weight excluding hydrogens is 256 g/mol. The Kier molecular flexibility index (Phi) is 3.85. The van der Waals surface area contributed by atoms with E-state index in [-0.39, 0.29) is 11.9 Å². The van der Waals surface area contributed by atoms with Crippen molar-refractivity contribution in [1.29, 1.82) is 0 Å². The number of nitrogens with zero attached hydrogens (tertiary/aromatic N) is 1. The summed E-state index contributed by atoms with van der Waals surface area (Å²) < 4.78 is -0.546. The molecule has 82 valence electrons. The molecule has 0 saturated heterocycles. The number of amides is 1. The third kappa shape index (κ3) is 3.63. The van der Waals surface area contributed by atoms with E-state index in [1.54, 1.807) is 6.20 Å². The Labute approximate surface area is 98.4 Å². The van der Waals surface area contributed by atoms with Crippen LogP contribution in [0, 0.1) is 0 Å². The van der Waals surface area contributed by atoms with Gasteiger partial charge in [-0.15, -0.1) is 0 Å². The van der Waals surface area contributed by atoms with Crippen LogP contribution in [0.2, 0.25) is 0 Å². The first-order valence-corrected chi connectivity index (χ1v) is 5.61. The Morgan fingerprint density at radius 2 is 2.20 bits per heavy atom. The summed E-state index contributed by atoms with van der Waals surface area (Å²) in [5.41, 5.74) is 0.864. The number of alkyl halides is 1. The predicted octanol–water partition coefficient (Wildman–Crippen LogP) is 2.43. The van der Waals surface area contributed by atoms with Crippen LogP contribution in [0.15, 0.2) is 24.4 Å². The highest BCUT2D eigenvalue weighted by molar-refractivity contribution is 9.10. The van der Waals surface area contributed by atoms with E-state index in [4.69, 9.17) is 0 Å². The highest BCUT2D eigenvalue weighted by atomic mass is 79.9. The number of nitrogens with one attached hydrogen (secondary N) is 1. The standard InChI is InChI=1S/C11H15BrN2O/c1-8(9-6-4-5-7-13-9)14-10(15)11(2,3)12/h4-8H,1-3H3,(H,14,15). The molecule has 0 fully saturated rings. The molecule has 0 aliphatic rings. The van der Waals surface area contributed by atoms with Crippen molar-refractivity contribution >= 4 is 21.8 Å². The Bertz CT molecular complexity index is 332. The van der Waals surface area contributed by atoms with Crippen LogP contribution < -0.4 is 5.32 Å². The number of halogens is 1. The number of carbonyl (C=O) groups excluding carboxylic acids is 1. The zero-order chi connectivity index (χ0) is 11.5. The van der Waals surface area contributed by atoms with Crippen molar-refractivity contribution in [3.63, 3.8) is 0 Å². The first kappa shape index (κ1) is 12.2. The van der Waals surface area contributed by atoms with Crippen molar-refractivity contribution in [2.75, 3.05) is 0 Å². The minimum atomic E-state index is -0.546. The van der Waals surface area contributed by atoms with Crippen LogP contribution >= 0.6 is 15.9 Å². The number of aromatic nitrogens is 1. The number of pyridine rings is 1. The van der Waals surface area contributed by atoms with E-state index in [1.165, 1.54) is 0 Å². The number of hydrogen-bond donors (Lipinski definition) is 1. The first-order valence-electron chi connectivity index (χ1n) is 4.82. The van der Waals surface area contributed by atoms with E-state index in [0.29, 0.717) is 0 Å². The number of carbonyl (C=O) groups is 1. The summed E-state index contributed by atoms with van der Waals surface area (Å²) in [6.07, 6.45) is 1.72. The molecule has 0 bridgehead atoms. The second kappa shape index (κ2) is 4.75. The molecule has 3 nitrogen and oxygen atoms in total. The molecule has 0 radical (unpaired) electrons. The zero-order valence-electron chi connectivity index (χ0n) is 9.12. The summed E-state index contributed by atoms with van der Waals surface area (Å²) in [7, 11) is 0. The normalized spacial score (nSPS) is 13.3. The molecule has 1 heterocycles. The fourth-order valence-electron chi connectivity index (χ4n) is 1.07. The molecule has 15 heavy (non-hydrogen) atoms. The topological polar surface area (TPSA) is 42.0 Å². The maximum absolute atomic E-state index is 11.7. The van der Waals surface area contributed by atoms with Gasteiger partial charge in [0, 0.05) is 6.20 Å². The Balaban J connectivity index is 2.65. The Morgan fingerprint density at radius 3 is 2.67 bits per heavy atom. The fraction of sp³-hybridized carbons (Fsp3) is 0.455. The van der Waals surface area contributed by atoms with Gasteiger partial charge in [0.1, 0.15) is 0 Å². The van der Waals surface area contributed by atoms with Gasteiger partial charge in [0.15, 0.2) is 0 Å². The molecule has 0 saturated carbocycles. The van der Waals surface area contributed by atoms with Crippen molar-refractivity contribution in [3.8, 4) is 0 Å². The van der Waals surface area contributed by atoms with E-state index in [1.807, 2.05) is 39.0 Å². The van der Waals surface area contributed by atoms with Crippen molar-refractivity contribution < 1.29 is 4.79 Å². The number of hydrogen-bond acceptors (Lipinski definition) is 2. The van der Waals surface area contributed by atoms with Crippen molar-refractivity contribution in [1.82, 2.24) is 10.3 Å². The third-order valence-electron chi connectivity index (χ3n) is 2.02. The van der Waals surface area contributed by atoms with E-state index >= 15 is 0 Å². The van der Waals surface area contributed by atoms with Crippen LogP contribution in [0.5, 0.6) is 0 Å². The minimum Gasteiger partial charge on any atom is -0.347 e. The lowest BCUT2D eigenvalue weighted by molar-refractivity contribution is -0.123. The molecule has 0 aromatic carbocycles. The van der Waals surface area contributed by atoms with Gasteiger partial charge in [-0.25, -0.2) is 0 Å². The molecule has 0 aliphatic carbocycles. The summed E-state index contributed by atoms with van der Waals surface area (Å²) >= 11 is 3.31. The molecule has 1 aromatic rings. The predicted molar refractivity (Wildman–Crippen MR) is 63.8 cm³/mol. The van der Waals surface area contributed by atoms with Crippen LogP contribution in [0.25, 0.3) is 0 Å². The van der Waals surface area contributed by atoms with Gasteiger partial charge in [-0.1, -0.05) is 22.0 Å². The SMILES string of the molecule is CC(NC(=O)C(C)(C)Br)c1ccccn1. The average molecular weight is 271 g/mol. The lowest BCUT2D eigenvalue weighted by Crippen LogP contribution is -2.39. The van der Waals surface area contributed by atoms with E-state index in [9.17, 15) is 4.79 Å². The van der Waals surface area contributed by atoms with Gasteiger partial charge in [0.2, 0.25) is 5.91 Å². The summed E-state index contributed by atoms with van der Waals surface area (Å²) in [5.74, 6) is -0.0411. The molecule has 1 aromatic heterocycles. The van der Waals surface area contributed by atoms with Crippen LogP contribution in [0.1, 0.15) is 32.5 Å². The van der Waals surface area contributed by atoms with Crippen molar-refractivity contribution in [3.05, 3.63) is 30.1 Å². The molecule has 1 amide bonds. The molecule has 4 heteroatoms. The quantitative estimate of drug-likeness (QED) is 0.858. The Morgan fingerprint density at radius 1 is 1.53 bits per heavy atom. The Hall–Kier alpha value is -0.900. The molecule has 1 N–H and O–H groups in total. The molecule has 0 aliphatic heterocycles. The van der Waals surface area contributed by atoms with Crippen LogP contribution in [-0.2, 0) is 4.79 Å².